The third-order valence-corrected chi connectivity index (χ3v) is 4.55. The molecule has 0 spiro atoms. The number of nitrogens with one attached hydrogen (secondary N) is 1. The van der Waals surface area contributed by atoms with E-state index in [1.54, 1.807) is 0 Å². The average Bonchev–Trinajstić information content (AvgIpc) is 2.87. The van der Waals surface area contributed by atoms with Crippen LogP contribution in [0, 0.1) is 5.41 Å². The van der Waals surface area contributed by atoms with Crippen molar-refractivity contribution in [3.05, 3.63) is 34.3 Å². The molecule has 0 radical (unpaired) electrons. The van der Waals surface area contributed by atoms with Gasteiger partial charge in [0.25, 0.3) is 0 Å². The maximum absolute atomic E-state index is 5.69. The zero-order chi connectivity index (χ0) is 15.1. The molecule has 0 aromatic heterocycles. The SMILES string of the molecule is CCCNCC1(CN(C)Cc2cccc(Br)c2)CCOC1. The van der Waals surface area contributed by atoms with Crippen molar-refractivity contribution in [3.63, 3.8) is 0 Å². The van der Waals surface area contributed by atoms with Gasteiger partial charge in [0.15, 0.2) is 0 Å². The summed E-state index contributed by atoms with van der Waals surface area (Å²) in [6, 6.07) is 8.56. The van der Waals surface area contributed by atoms with Crippen molar-refractivity contribution < 1.29 is 4.74 Å². The molecule has 0 bridgehead atoms. The van der Waals surface area contributed by atoms with Crippen LogP contribution in [0.4, 0.5) is 0 Å². The third-order valence-electron chi connectivity index (χ3n) is 4.06. The van der Waals surface area contributed by atoms with E-state index in [0.29, 0.717) is 0 Å². The molecule has 4 heteroatoms. The molecule has 0 aliphatic carbocycles. The van der Waals surface area contributed by atoms with Crippen molar-refractivity contribution in [1.82, 2.24) is 10.2 Å². The number of halogens is 1. The molecule has 1 aromatic carbocycles. The van der Waals surface area contributed by atoms with Gasteiger partial charge in [0.2, 0.25) is 0 Å². The lowest BCUT2D eigenvalue weighted by atomic mass is 9.86. The molecule has 1 heterocycles. The molecular formula is C17H27BrN2O. The smallest absolute Gasteiger partial charge is 0.0547 e. The Balaban J connectivity index is 1.90. The number of rotatable bonds is 8. The first-order chi connectivity index (χ1) is 10.1. The summed E-state index contributed by atoms with van der Waals surface area (Å²) in [5, 5.41) is 3.58. The molecule has 0 amide bonds. The van der Waals surface area contributed by atoms with Gasteiger partial charge >= 0.3 is 0 Å². The predicted molar refractivity (Wildman–Crippen MR) is 91.5 cm³/mol. The monoisotopic (exact) mass is 354 g/mol. The molecule has 2 rings (SSSR count). The van der Waals surface area contributed by atoms with E-state index in [1.807, 2.05) is 0 Å². The number of ether oxygens (including phenoxy) is 1. The minimum Gasteiger partial charge on any atom is -0.381 e. The van der Waals surface area contributed by atoms with Crippen LogP contribution in [0.3, 0.4) is 0 Å². The molecule has 1 fully saturated rings. The lowest BCUT2D eigenvalue weighted by Gasteiger charge is -2.32. The van der Waals surface area contributed by atoms with Crippen LogP contribution in [0.5, 0.6) is 0 Å². The molecule has 1 saturated heterocycles. The molecule has 1 unspecified atom stereocenters. The zero-order valence-electron chi connectivity index (χ0n) is 13.2. The van der Waals surface area contributed by atoms with Crippen molar-refractivity contribution in [3.8, 4) is 0 Å². The van der Waals surface area contributed by atoms with Crippen LogP contribution < -0.4 is 5.32 Å². The second-order valence-corrected chi connectivity index (χ2v) is 7.20. The second kappa shape index (κ2) is 8.28. The van der Waals surface area contributed by atoms with Gasteiger partial charge in [0.1, 0.15) is 0 Å². The fourth-order valence-corrected chi connectivity index (χ4v) is 3.52. The number of nitrogens with zero attached hydrogens (tertiary/aromatic N) is 1. The second-order valence-electron chi connectivity index (χ2n) is 6.28. The molecule has 1 N–H and O–H groups in total. The Labute approximate surface area is 137 Å². The van der Waals surface area contributed by atoms with Crippen molar-refractivity contribution in [2.75, 3.05) is 39.9 Å². The first kappa shape index (κ1) is 16.9. The van der Waals surface area contributed by atoms with Crippen LogP contribution in [-0.4, -0.2) is 44.8 Å². The molecule has 1 atom stereocenters. The highest BCUT2D eigenvalue weighted by Crippen LogP contribution is 2.29. The summed E-state index contributed by atoms with van der Waals surface area (Å²) in [5.41, 5.74) is 1.62. The highest BCUT2D eigenvalue weighted by molar-refractivity contribution is 9.10. The molecule has 118 valence electrons. The van der Waals surface area contributed by atoms with Crippen molar-refractivity contribution in [2.45, 2.75) is 26.3 Å². The van der Waals surface area contributed by atoms with Crippen molar-refractivity contribution >= 4 is 15.9 Å². The highest BCUT2D eigenvalue weighted by Gasteiger charge is 2.35. The van der Waals surface area contributed by atoms with Crippen LogP contribution in [0.25, 0.3) is 0 Å². The molecule has 1 aromatic rings. The van der Waals surface area contributed by atoms with E-state index in [0.717, 1.165) is 50.3 Å². The van der Waals surface area contributed by atoms with E-state index >= 15 is 0 Å². The minimum atomic E-state index is 0.274. The topological polar surface area (TPSA) is 24.5 Å². The molecule has 1 aliphatic heterocycles. The quantitative estimate of drug-likeness (QED) is 0.725. The minimum absolute atomic E-state index is 0.274. The predicted octanol–water partition coefficient (Wildman–Crippen LogP) is 3.29. The fraction of sp³-hybridized carbons (Fsp3) is 0.647. The summed E-state index contributed by atoms with van der Waals surface area (Å²) in [6.07, 6.45) is 2.34. The van der Waals surface area contributed by atoms with Gasteiger partial charge < -0.3 is 15.0 Å². The highest BCUT2D eigenvalue weighted by atomic mass is 79.9. The van der Waals surface area contributed by atoms with E-state index in [-0.39, 0.29) is 5.41 Å². The van der Waals surface area contributed by atoms with E-state index in [2.05, 4.69) is 64.4 Å². The summed E-state index contributed by atoms with van der Waals surface area (Å²) in [4.78, 5) is 2.42. The standard InChI is InChI=1S/C17H27BrN2O/c1-3-8-19-12-17(7-9-21-14-17)13-20(2)11-15-5-4-6-16(18)10-15/h4-6,10,19H,3,7-9,11-14H2,1-2H3. The lowest BCUT2D eigenvalue weighted by molar-refractivity contribution is 0.116. The van der Waals surface area contributed by atoms with Gasteiger partial charge in [0.05, 0.1) is 6.61 Å². The van der Waals surface area contributed by atoms with Crippen LogP contribution >= 0.6 is 15.9 Å². The Kier molecular flexibility index (Phi) is 6.68. The first-order valence-corrected chi connectivity index (χ1v) is 8.64. The number of hydrogen-bond acceptors (Lipinski definition) is 3. The van der Waals surface area contributed by atoms with Crippen LogP contribution in [0.1, 0.15) is 25.3 Å². The van der Waals surface area contributed by atoms with Crippen molar-refractivity contribution in [2.24, 2.45) is 5.41 Å². The summed E-state index contributed by atoms with van der Waals surface area (Å²) in [6.45, 7) is 8.21. The molecular weight excluding hydrogens is 328 g/mol. The Morgan fingerprint density at radius 3 is 2.95 bits per heavy atom. The largest absolute Gasteiger partial charge is 0.381 e. The molecule has 21 heavy (non-hydrogen) atoms. The van der Waals surface area contributed by atoms with Crippen molar-refractivity contribution in [1.29, 1.82) is 0 Å². The zero-order valence-corrected chi connectivity index (χ0v) is 14.8. The van der Waals surface area contributed by atoms with Gasteiger partial charge in [-0.1, -0.05) is 35.0 Å². The van der Waals surface area contributed by atoms with Crippen LogP contribution in [0.2, 0.25) is 0 Å². The maximum atomic E-state index is 5.69. The van der Waals surface area contributed by atoms with Gasteiger partial charge in [-0.25, -0.2) is 0 Å². The van der Waals surface area contributed by atoms with Crippen LogP contribution in [-0.2, 0) is 11.3 Å². The average molecular weight is 355 g/mol. The summed E-state index contributed by atoms with van der Waals surface area (Å²) in [7, 11) is 2.21. The van der Waals surface area contributed by atoms with Gasteiger partial charge in [-0.2, -0.15) is 0 Å². The van der Waals surface area contributed by atoms with E-state index in [1.165, 1.54) is 12.0 Å². The van der Waals surface area contributed by atoms with Gasteiger partial charge in [-0.15, -0.1) is 0 Å². The molecule has 0 saturated carbocycles. The number of benzene rings is 1. The normalized spacial score (nSPS) is 22.1. The lowest BCUT2D eigenvalue weighted by Crippen LogP contribution is -2.43. The van der Waals surface area contributed by atoms with E-state index < -0.39 is 0 Å². The Morgan fingerprint density at radius 2 is 2.29 bits per heavy atom. The van der Waals surface area contributed by atoms with Gasteiger partial charge in [-0.05, 0) is 44.1 Å². The fourth-order valence-electron chi connectivity index (χ4n) is 3.08. The molecule has 3 nitrogen and oxygen atoms in total. The van der Waals surface area contributed by atoms with Crippen LogP contribution in [0.15, 0.2) is 28.7 Å². The van der Waals surface area contributed by atoms with E-state index in [4.69, 9.17) is 4.74 Å². The third kappa shape index (κ3) is 5.37. The Morgan fingerprint density at radius 1 is 1.43 bits per heavy atom. The molecule has 1 aliphatic rings. The van der Waals surface area contributed by atoms with E-state index in [9.17, 15) is 0 Å². The summed E-state index contributed by atoms with van der Waals surface area (Å²) >= 11 is 3.54. The summed E-state index contributed by atoms with van der Waals surface area (Å²) in [5.74, 6) is 0. The van der Waals surface area contributed by atoms with Gasteiger partial charge in [-0.3, -0.25) is 0 Å². The maximum Gasteiger partial charge on any atom is 0.0547 e. The summed E-state index contributed by atoms with van der Waals surface area (Å²) < 4.78 is 6.84. The first-order valence-electron chi connectivity index (χ1n) is 7.85. The Bertz CT molecular complexity index is 433. The number of hydrogen-bond donors (Lipinski definition) is 1. The Hall–Kier alpha value is -0.420. The van der Waals surface area contributed by atoms with Gasteiger partial charge in [0, 0.05) is 36.1 Å².